The van der Waals surface area contributed by atoms with Gasteiger partial charge in [0.05, 0.1) is 5.75 Å². The number of hydrogen-bond acceptors (Lipinski definition) is 6. The van der Waals surface area contributed by atoms with Gasteiger partial charge in [-0.1, -0.05) is 36.9 Å². The Morgan fingerprint density at radius 2 is 2.29 bits per heavy atom. The van der Waals surface area contributed by atoms with Crippen LogP contribution in [0.2, 0.25) is 0 Å². The summed E-state index contributed by atoms with van der Waals surface area (Å²) in [5.41, 5.74) is 0. The number of rotatable bonds is 6. The van der Waals surface area contributed by atoms with E-state index in [4.69, 9.17) is 0 Å². The van der Waals surface area contributed by atoms with Gasteiger partial charge in [-0.05, 0) is 32.1 Å². The van der Waals surface area contributed by atoms with E-state index >= 15 is 0 Å². The molecule has 1 fully saturated rings. The first-order valence-corrected chi connectivity index (χ1v) is 9.36. The summed E-state index contributed by atoms with van der Waals surface area (Å²) >= 11 is 3.02. The van der Waals surface area contributed by atoms with E-state index in [1.165, 1.54) is 29.5 Å². The van der Waals surface area contributed by atoms with Crippen LogP contribution in [-0.4, -0.2) is 45.9 Å². The number of amides is 1. The molecule has 0 radical (unpaired) electrons. The molecule has 0 bridgehead atoms. The maximum Gasteiger partial charge on any atom is 0.233 e. The summed E-state index contributed by atoms with van der Waals surface area (Å²) in [6.45, 7) is 8.24. The van der Waals surface area contributed by atoms with Crippen LogP contribution in [0.3, 0.4) is 0 Å². The van der Waals surface area contributed by atoms with E-state index in [2.05, 4.69) is 36.3 Å². The molecule has 0 aliphatic carbocycles. The molecule has 1 saturated heterocycles. The standard InChI is InChI=1S/C14H24N4OS2/c1-10(2)8-15-13-16-17-14(21-13)20-9-12(19)18-7-5-4-6-11(18)3/h10-11H,4-9H2,1-3H3,(H,15,16)/t11-/m0/s1. The van der Waals surface area contributed by atoms with Crippen molar-refractivity contribution < 1.29 is 4.79 Å². The molecule has 1 amide bonds. The average Bonchev–Trinajstić information content (AvgIpc) is 2.91. The lowest BCUT2D eigenvalue weighted by molar-refractivity contribution is -0.131. The molecule has 1 aliphatic heterocycles. The minimum absolute atomic E-state index is 0.221. The third kappa shape index (κ3) is 5.14. The number of piperidine rings is 1. The minimum atomic E-state index is 0.221. The first-order valence-electron chi connectivity index (χ1n) is 7.56. The van der Waals surface area contributed by atoms with E-state index in [0.29, 0.717) is 17.7 Å². The number of hydrogen-bond donors (Lipinski definition) is 1. The molecule has 21 heavy (non-hydrogen) atoms. The molecule has 118 valence electrons. The highest BCUT2D eigenvalue weighted by Crippen LogP contribution is 2.26. The molecule has 1 atom stereocenters. The number of anilines is 1. The summed E-state index contributed by atoms with van der Waals surface area (Å²) in [4.78, 5) is 14.3. The first kappa shape index (κ1) is 16.5. The highest BCUT2D eigenvalue weighted by atomic mass is 32.2. The van der Waals surface area contributed by atoms with Crippen molar-refractivity contribution in [2.24, 2.45) is 5.92 Å². The van der Waals surface area contributed by atoms with E-state index in [-0.39, 0.29) is 5.91 Å². The Hall–Kier alpha value is -0.820. The second-order valence-electron chi connectivity index (χ2n) is 5.87. The van der Waals surface area contributed by atoms with Crippen LogP contribution < -0.4 is 5.32 Å². The molecular formula is C14H24N4OS2. The second kappa shape index (κ2) is 7.98. The van der Waals surface area contributed by atoms with Crippen LogP contribution in [0.25, 0.3) is 0 Å². The van der Waals surface area contributed by atoms with Crippen LogP contribution in [0.15, 0.2) is 4.34 Å². The number of thioether (sulfide) groups is 1. The van der Waals surface area contributed by atoms with Gasteiger partial charge in [-0.3, -0.25) is 4.79 Å². The molecule has 7 heteroatoms. The molecule has 2 rings (SSSR count). The number of nitrogens with one attached hydrogen (secondary N) is 1. The second-order valence-corrected chi connectivity index (χ2v) is 8.07. The predicted octanol–water partition coefficient (Wildman–Crippen LogP) is 3.10. The molecule has 0 aromatic carbocycles. The van der Waals surface area contributed by atoms with Crippen LogP contribution in [0.5, 0.6) is 0 Å². The topological polar surface area (TPSA) is 58.1 Å². The van der Waals surface area contributed by atoms with Gasteiger partial charge < -0.3 is 10.2 Å². The largest absolute Gasteiger partial charge is 0.360 e. The van der Waals surface area contributed by atoms with Gasteiger partial charge in [0, 0.05) is 19.1 Å². The van der Waals surface area contributed by atoms with Crippen LogP contribution in [-0.2, 0) is 4.79 Å². The van der Waals surface area contributed by atoms with Crippen LogP contribution in [0.4, 0.5) is 5.13 Å². The Morgan fingerprint density at radius 3 is 3.00 bits per heavy atom. The summed E-state index contributed by atoms with van der Waals surface area (Å²) < 4.78 is 0.860. The van der Waals surface area contributed by atoms with Gasteiger partial charge in [-0.15, -0.1) is 10.2 Å². The van der Waals surface area contributed by atoms with Gasteiger partial charge in [0.1, 0.15) is 0 Å². The molecule has 0 saturated carbocycles. The highest BCUT2D eigenvalue weighted by molar-refractivity contribution is 8.01. The molecular weight excluding hydrogens is 304 g/mol. The van der Waals surface area contributed by atoms with Gasteiger partial charge >= 0.3 is 0 Å². The van der Waals surface area contributed by atoms with E-state index in [0.717, 1.165) is 35.4 Å². The summed E-state index contributed by atoms with van der Waals surface area (Å²) in [7, 11) is 0. The van der Waals surface area contributed by atoms with Gasteiger partial charge in [0.15, 0.2) is 4.34 Å². The van der Waals surface area contributed by atoms with Crippen molar-refractivity contribution in [3.05, 3.63) is 0 Å². The number of nitrogens with zero attached hydrogens (tertiary/aromatic N) is 3. The molecule has 1 aromatic rings. The zero-order valence-electron chi connectivity index (χ0n) is 13.0. The molecule has 1 N–H and O–H groups in total. The van der Waals surface area contributed by atoms with Crippen molar-refractivity contribution in [3.8, 4) is 0 Å². The molecule has 1 aliphatic rings. The summed E-state index contributed by atoms with van der Waals surface area (Å²) in [5.74, 6) is 1.26. The van der Waals surface area contributed by atoms with Crippen molar-refractivity contribution in [3.63, 3.8) is 0 Å². The molecule has 0 spiro atoms. The quantitative estimate of drug-likeness (QED) is 0.813. The molecule has 2 heterocycles. The lowest BCUT2D eigenvalue weighted by Gasteiger charge is -2.33. The van der Waals surface area contributed by atoms with Crippen LogP contribution in [0, 0.1) is 5.92 Å². The lowest BCUT2D eigenvalue weighted by atomic mass is 10.0. The van der Waals surface area contributed by atoms with Crippen LogP contribution in [0.1, 0.15) is 40.0 Å². The fraction of sp³-hybridized carbons (Fsp3) is 0.786. The molecule has 0 unspecified atom stereocenters. The summed E-state index contributed by atoms with van der Waals surface area (Å²) in [6, 6.07) is 0.379. The number of carbonyl (C=O) groups is 1. The maximum absolute atomic E-state index is 12.2. The average molecular weight is 329 g/mol. The third-order valence-electron chi connectivity index (χ3n) is 3.51. The molecule has 1 aromatic heterocycles. The first-order chi connectivity index (χ1) is 10.1. The minimum Gasteiger partial charge on any atom is -0.360 e. The number of likely N-dealkylation sites (tertiary alicyclic amines) is 1. The zero-order valence-corrected chi connectivity index (χ0v) is 14.6. The van der Waals surface area contributed by atoms with Crippen molar-refractivity contribution in [2.75, 3.05) is 24.2 Å². The van der Waals surface area contributed by atoms with Gasteiger partial charge in [-0.25, -0.2) is 0 Å². The van der Waals surface area contributed by atoms with Crippen LogP contribution >= 0.6 is 23.1 Å². The monoisotopic (exact) mass is 328 g/mol. The molecule has 5 nitrogen and oxygen atoms in total. The SMILES string of the molecule is CC(C)CNc1nnc(SCC(=O)N2CCCC[C@@H]2C)s1. The smallest absolute Gasteiger partial charge is 0.233 e. The zero-order chi connectivity index (χ0) is 15.2. The highest BCUT2D eigenvalue weighted by Gasteiger charge is 2.23. The Kier molecular flexibility index (Phi) is 6.29. The predicted molar refractivity (Wildman–Crippen MR) is 89.0 cm³/mol. The lowest BCUT2D eigenvalue weighted by Crippen LogP contribution is -2.42. The Bertz CT molecular complexity index is 464. The van der Waals surface area contributed by atoms with Crippen molar-refractivity contribution in [2.45, 2.75) is 50.4 Å². The third-order valence-corrected chi connectivity index (χ3v) is 5.51. The van der Waals surface area contributed by atoms with Crippen molar-refractivity contribution >= 4 is 34.1 Å². The van der Waals surface area contributed by atoms with Gasteiger partial charge in [-0.2, -0.15) is 0 Å². The van der Waals surface area contributed by atoms with E-state index < -0.39 is 0 Å². The van der Waals surface area contributed by atoms with E-state index in [1.807, 2.05) is 4.90 Å². The number of aromatic nitrogens is 2. The van der Waals surface area contributed by atoms with E-state index in [1.54, 1.807) is 0 Å². The Balaban J connectivity index is 1.78. The number of carbonyl (C=O) groups excluding carboxylic acids is 1. The van der Waals surface area contributed by atoms with Crippen molar-refractivity contribution in [1.82, 2.24) is 15.1 Å². The maximum atomic E-state index is 12.2. The normalized spacial score (nSPS) is 19.0. The van der Waals surface area contributed by atoms with E-state index in [9.17, 15) is 4.79 Å². The summed E-state index contributed by atoms with van der Waals surface area (Å²) in [5, 5.41) is 12.3. The van der Waals surface area contributed by atoms with Gasteiger partial charge in [0.2, 0.25) is 11.0 Å². The fourth-order valence-corrected chi connectivity index (χ4v) is 3.95. The van der Waals surface area contributed by atoms with Gasteiger partial charge in [0.25, 0.3) is 0 Å². The fourth-order valence-electron chi connectivity index (χ4n) is 2.31. The Morgan fingerprint density at radius 1 is 1.48 bits per heavy atom. The summed E-state index contributed by atoms with van der Waals surface area (Å²) in [6.07, 6.45) is 3.49. The Labute approximate surface area is 134 Å². The van der Waals surface area contributed by atoms with Crippen molar-refractivity contribution in [1.29, 1.82) is 0 Å².